The Bertz CT molecular complexity index is 1270. The maximum atomic E-state index is 12.9. The first kappa shape index (κ1) is 17.2. The van der Waals surface area contributed by atoms with Crippen molar-refractivity contribution in [2.45, 2.75) is 6.54 Å². The summed E-state index contributed by atoms with van der Waals surface area (Å²) in [6, 6.07) is 18.0. The van der Waals surface area contributed by atoms with Crippen LogP contribution in [0.3, 0.4) is 0 Å². The highest BCUT2D eigenvalue weighted by atomic mass is 16.5. The van der Waals surface area contributed by atoms with Gasteiger partial charge in [0.05, 0.1) is 18.1 Å². The highest BCUT2D eigenvalue weighted by Crippen LogP contribution is 2.40. The molecule has 1 aliphatic carbocycles. The van der Waals surface area contributed by atoms with Gasteiger partial charge in [-0.2, -0.15) is 0 Å². The number of fused-ring (bicyclic) bond motifs is 2. The molecule has 0 spiro atoms. The summed E-state index contributed by atoms with van der Waals surface area (Å²) in [6.07, 6.45) is 0. The number of hydrogen-bond donors (Lipinski definition) is 1. The number of carbonyl (C=O) groups is 2. The van der Waals surface area contributed by atoms with E-state index in [9.17, 15) is 9.59 Å². The minimum Gasteiger partial charge on any atom is -0.497 e. The fourth-order valence-corrected chi connectivity index (χ4v) is 3.65. The summed E-state index contributed by atoms with van der Waals surface area (Å²) in [5.41, 5.74) is 3.49. The van der Waals surface area contributed by atoms with Crippen LogP contribution in [0.5, 0.6) is 5.75 Å². The summed E-state index contributed by atoms with van der Waals surface area (Å²) < 4.78 is 10.7. The number of benzene rings is 3. The lowest BCUT2D eigenvalue weighted by Gasteiger charge is -2.14. The molecule has 1 aliphatic rings. The zero-order valence-electron chi connectivity index (χ0n) is 15.6. The fraction of sp³-hybridized carbons (Fsp3) is 0.0870. The van der Waals surface area contributed by atoms with Crippen LogP contribution in [0.4, 0.5) is 0 Å². The molecule has 1 heterocycles. The van der Waals surface area contributed by atoms with E-state index in [4.69, 9.17) is 9.26 Å². The van der Waals surface area contributed by atoms with Gasteiger partial charge in [0.15, 0.2) is 11.5 Å². The molecule has 0 aliphatic heterocycles. The van der Waals surface area contributed by atoms with Gasteiger partial charge in [-0.15, -0.1) is 0 Å². The highest BCUT2D eigenvalue weighted by Gasteiger charge is 2.30. The van der Waals surface area contributed by atoms with Crippen LogP contribution in [0.25, 0.3) is 22.2 Å². The maximum Gasteiger partial charge on any atom is 0.253 e. The second kappa shape index (κ2) is 6.60. The van der Waals surface area contributed by atoms with Gasteiger partial charge >= 0.3 is 0 Å². The average Bonchev–Trinajstić information content (AvgIpc) is 3.21. The Morgan fingerprint density at radius 1 is 1.00 bits per heavy atom. The molecule has 6 nitrogen and oxygen atoms in total. The minimum absolute atomic E-state index is 0.0912. The van der Waals surface area contributed by atoms with E-state index in [2.05, 4.69) is 10.5 Å². The van der Waals surface area contributed by atoms with Crippen LogP contribution >= 0.6 is 0 Å². The van der Waals surface area contributed by atoms with Crippen LogP contribution in [0.2, 0.25) is 0 Å². The molecule has 1 N–H and O–H groups in total. The van der Waals surface area contributed by atoms with E-state index in [1.54, 1.807) is 25.3 Å². The normalized spacial score (nSPS) is 12.0. The van der Waals surface area contributed by atoms with Gasteiger partial charge in [0, 0.05) is 23.2 Å². The molecule has 0 atom stereocenters. The van der Waals surface area contributed by atoms with Crippen LogP contribution in [-0.4, -0.2) is 24.0 Å². The van der Waals surface area contributed by atoms with Gasteiger partial charge in [-0.25, -0.2) is 0 Å². The summed E-state index contributed by atoms with van der Waals surface area (Å²) in [6.45, 7) is 0.360. The number of aromatic nitrogens is 1. The van der Waals surface area contributed by atoms with Gasteiger partial charge in [0.2, 0.25) is 0 Å². The number of amides is 1. The molecule has 0 saturated carbocycles. The maximum absolute atomic E-state index is 12.9. The molecule has 1 amide bonds. The van der Waals surface area contributed by atoms with Gasteiger partial charge in [-0.05, 0) is 29.8 Å². The first-order chi connectivity index (χ1) is 14.2. The van der Waals surface area contributed by atoms with Crippen LogP contribution < -0.4 is 10.1 Å². The zero-order valence-corrected chi connectivity index (χ0v) is 15.6. The smallest absolute Gasteiger partial charge is 0.253 e. The molecule has 0 bridgehead atoms. The molecule has 1 aromatic heterocycles. The van der Waals surface area contributed by atoms with E-state index in [0.29, 0.717) is 45.5 Å². The Morgan fingerprint density at radius 3 is 2.52 bits per heavy atom. The van der Waals surface area contributed by atoms with Crippen molar-refractivity contribution in [2.24, 2.45) is 0 Å². The van der Waals surface area contributed by atoms with E-state index < -0.39 is 0 Å². The van der Waals surface area contributed by atoms with Crippen molar-refractivity contribution >= 4 is 22.6 Å². The zero-order chi connectivity index (χ0) is 20.0. The lowest BCUT2D eigenvalue weighted by molar-refractivity contribution is 0.0951. The Morgan fingerprint density at radius 2 is 1.76 bits per heavy atom. The number of rotatable bonds is 4. The molecule has 29 heavy (non-hydrogen) atoms. The van der Waals surface area contributed by atoms with Crippen LogP contribution in [0, 0.1) is 0 Å². The van der Waals surface area contributed by atoms with Crippen molar-refractivity contribution in [3.05, 3.63) is 82.9 Å². The van der Waals surface area contributed by atoms with Gasteiger partial charge < -0.3 is 14.6 Å². The summed E-state index contributed by atoms with van der Waals surface area (Å²) in [5.74, 6) is 0.909. The molecule has 142 valence electrons. The van der Waals surface area contributed by atoms with Gasteiger partial charge in [0.25, 0.3) is 5.91 Å². The number of ether oxygens (including phenoxy) is 1. The molecule has 6 heteroatoms. The molecule has 3 aromatic carbocycles. The summed E-state index contributed by atoms with van der Waals surface area (Å²) in [5, 5.41) is 7.60. The van der Waals surface area contributed by atoms with E-state index in [0.717, 1.165) is 11.3 Å². The SMILES string of the molecule is COc1ccc(CNC(=O)c2ccc3c4c(onc24)-c2ccccc2C3=O)cc1. The summed E-state index contributed by atoms with van der Waals surface area (Å²) in [4.78, 5) is 25.7. The van der Waals surface area contributed by atoms with Crippen molar-refractivity contribution in [1.82, 2.24) is 10.5 Å². The molecule has 0 unspecified atom stereocenters. The van der Waals surface area contributed by atoms with Crippen LogP contribution in [-0.2, 0) is 6.54 Å². The number of hydrogen-bond acceptors (Lipinski definition) is 5. The lowest BCUT2D eigenvalue weighted by atomic mass is 9.87. The molecule has 5 rings (SSSR count). The Labute approximate surface area is 166 Å². The van der Waals surface area contributed by atoms with Crippen molar-refractivity contribution in [1.29, 1.82) is 0 Å². The van der Waals surface area contributed by atoms with Crippen LogP contribution in [0.15, 0.2) is 65.2 Å². The third-order valence-corrected chi connectivity index (χ3v) is 5.15. The monoisotopic (exact) mass is 384 g/mol. The number of ketones is 1. The number of nitrogens with one attached hydrogen (secondary N) is 1. The Hall–Kier alpha value is -3.93. The van der Waals surface area contributed by atoms with Crippen LogP contribution in [0.1, 0.15) is 31.8 Å². The second-order valence-corrected chi connectivity index (χ2v) is 6.80. The standard InChI is InChI=1S/C23H16N2O4/c1-28-14-8-6-13(7-9-14)12-24-23(27)18-11-10-17-19-20(18)25-29-22(19)16-5-3-2-4-15(16)21(17)26/h2-11H,12H2,1H3,(H,24,27). The molecular weight excluding hydrogens is 368 g/mol. The summed E-state index contributed by atoms with van der Waals surface area (Å²) >= 11 is 0. The lowest BCUT2D eigenvalue weighted by Crippen LogP contribution is -2.23. The summed E-state index contributed by atoms with van der Waals surface area (Å²) in [7, 11) is 1.61. The molecule has 0 saturated heterocycles. The van der Waals surface area contributed by atoms with Gasteiger partial charge in [-0.3, -0.25) is 9.59 Å². The van der Waals surface area contributed by atoms with E-state index >= 15 is 0 Å². The van der Waals surface area contributed by atoms with Crippen molar-refractivity contribution in [3.63, 3.8) is 0 Å². The fourth-order valence-electron chi connectivity index (χ4n) is 3.65. The largest absolute Gasteiger partial charge is 0.497 e. The third-order valence-electron chi connectivity index (χ3n) is 5.15. The first-order valence-electron chi connectivity index (χ1n) is 9.15. The number of nitrogens with zero attached hydrogens (tertiary/aromatic N) is 1. The topological polar surface area (TPSA) is 81.4 Å². The van der Waals surface area contributed by atoms with Gasteiger partial charge in [0.1, 0.15) is 11.3 Å². The predicted octanol–water partition coefficient (Wildman–Crippen LogP) is 3.98. The van der Waals surface area contributed by atoms with Gasteiger partial charge in [-0.1, -0.05) is 41.6 Å². The van der Waals surface area contributed by atoms with Crippen molar-refractivity contribution in [3.8, 4) is 17.1 Å². The predicted molar refractivity (Wildman–Crippen MR) is 107 cm³/mol. The van der Waals surface area contributed by atoms with E-state index in [1.165, 1.54) is 0 Å². The Balaban J connectivity index is 1.49. The van der Waals surface area contributed by atoms with E-state index in [1.807, 2.05) is 42.5 Å². The third kappa shape index (κ3) is 2.69. The van der Waals surface area contributed by atoms with Crippen molar-refractivity contribution in [2.75, 3.05) is 7.11 Å². The first-order valence-corrected chi connectivity index (χ1v) is 9.15. The minimum atomic E-state index is -0.279. The van der Waals surface area contributed by atoms with Crippen molar-refractivity contribution < 1.29 is 18.8 Å². The number of methoxy groups -OCH3 is 1. The molecule has 0 radical (unpaired) electrons. The number of carbonyl (C=O) groups excluding carboxylic acids is 2. The highest BCUT2D eigenvalue weighted by molar-refractivity contribution is 6.26. The average molecular weight is 384 g/mol. The molecule has 4 aromatic rings. The second-order valence-electron chi connectivity index (χ2n) is 6.80. The molecule has 0 fully saturated rings. The molecular formula is C23H16N2O4. The Kier molecular flexibility index (Phi) is 3.91. The quantitative estimate of drug-likeness (QED) is 0.507. The van der Waals surface area contributed by atoms with E-state index in [-0.39, 0.29) is 11.7 Å².